The minimum atomic E-state index is 0.523. The zero-order valence-electron chi connectivity index (χ0n) is 9.36. The maximum Gasteiger partial charge on any atom is 0.0633 e. The molecular formula is C12H19NO. The van der Waals surface area contributed by atoms with Crippen LogP contribution in [0.5, 0.6) is 0 Å². The van der Waals surface area contributed by atoms with Gasteiger partial charge in [0.05, 0.1) is 5.69 Å². The van der Waals surface area contributed by atoms with Crippen LogP contribution in [0.4, 0.5) is 5.69 Å². The number of benzene rings is 1. The van der Waals surface area contributed by atoms with Crippen LogP contribution in [0.15, 0.2) is 24.3 Å². The molecule has 1 N–H and O–H groups in total. The molecule has 14 heavy (non-hydrogen) atoms. The van der Waals surface area contributed by atoms with E-state index in [1.54, 1.807) is 7.05 Å². The molecule has 0 aliphatic carbocycles. The second kappa shape index (κ2) is 4.47. The van der Waals surface area contributed by atoms with E-state index in [2.05, 4.69) is 26.8 Å². The van der Waals surface area contributed by atoms with Crippen molar-refractivity contribution in [2.24, 2.45) is 5.92 Å². The molecule has 0 heterocycles. The number of hydrogen-bond acceptors (Lipinski definition) is 2. The monoisotopic (exact) mass is 193 g/mol. The van der Waals surface area contributed by atoms with E-state index in [1.165, 1.54) is 5.56 Å². The number of hydroxylamine groups is 1. The van der Waals surface area contributed by atoms with Gasteiger partial charge in [-0.1, -0.05) is 32.9 Å². The molecule has 0 aliphatic heterocycles. The van der Waals surface area contributed by atoms with Gasteiger partial charge in [0.25, 0.3) is 0 Å². The summed E-state index contributed by atoms with van der Waals surface area (Å²) in [5.74, 6) is 1.14. The molecule has 0 fully saturated rings. The molecule has 0 amide bonds. The maximum atomic E-state index is 9.30. The highest BCUT2D eigenvalue weighted by Gasteiger charge is 2.10. The first-order valence-electron chi connectivity index (χ1n) is 5.05. The Balaban J connectivity index is 2.93. The van der Waals surface area contributed by atoms with E-state index in [9.17, 15) is 5.21 Å². The van der Waals surface area contributed by atoms with Gasteiger partial charge in [-0.15, -0.1) is 0 Å². The predicted octanol–water partition coefficient (Wildman–Crippen LogP) is 3.27. The summed E-state index contributed by atoms with van der Waals surface area (Å²) in [6.45, 7) is 6.63. The minimum absolute atomic E-state index is 0.523. The molecule has 0 aromatic heterocycles. The van der Waals surface area contributed by atoms with E-state index in [0.717, 1.165) is 10.8 Å². The van der Waals surface area contributed by atoms with Crippen molar-refractivity contribution in [2.45, 2.75) is 26.7 Å². The van der Waals surface area contributed by atoms with Crippen LogP contribution in [0.2, 0.25) is 0 Å². The van der Waals surface area contributed by atoms with E-state index < -0.39 is 0 Å². The summed E-state index contributed by atoms with van der Waals surface area (Å²) in [6, 6.07) is 8.02. The van der Waals surface area contributed by atoms with Crippen molar-refractivity contribution >= 4 is 5.69 Å². The molecule has 1 unspecified atom stereocenters. The van der Waals surface area contributed by atoms with E-state index in [1.807, 2.05) is 18.2 Å². The lowest BCUT2D eigenvalue weighted by molar-refractivity contribution is 0.279. The Labute approximate surface area is 86.1 Å². The highest BCUT2D eigenvalue weighted by Crippen LogP contribution is 2.26. The molecule has 0 spiro atoms. The van der Waals surface area contributed by atoms with Gasteiger partial charge in [-0.25, -0.2) is 0 Å². The van der Waals surface area contributed by atoms with Crippen LogP contribution in [0.1, 0.15) is 32.3 Å². The van der Waals surface area contributed by atoms with Gasteiger partial charge < -0.3 is 0 Å². The average Bonchev–Trinajstić information content (AvgIpc) is 2.16. The SMILES string of the molecule is CC(C)C(C)c1cccc(N(C)O)c1. The van der Waals surface area contributed by atoms with Gasteiger partial charge in [-0.2, -0.15) is 0 Å². The molecule has 0 bridgehead atoms. The number of nitrogens with zero attached hydrogens (tertiary/aromatic N) is 1. The van der Waals surface area contributed by atoms with E-state index in [-0.39, 0.29) is 0 Å². The first kappa shape index (κ1) is 11.1. The van der Waals surface area contributed by atoms with E-state index in [4.69, 9.17) is 0 Å². The summed E-state index contributed by atoms with van der Waals surface area (Å²) in [7, 11) is 1.64. The average molecular weight is 193 g/mol. The second-order valence-electron chi connectivity index (χ2n) is 4.15. The summed E-state index contributed by atoms with van der Waals surface area (Å²) >= 11 is 0. The first-order valence-corrected chi connectivity index (χ1v) is 5.05. The zero-order chi connectivity index (χ0) is 10.7. The van der Waals surface area contributed by atoms with Crippen molar-refractivity contribution in [3.05, 3.63) is 29.8 Å². The molecule has 0 aliphatic rings. The van der Waals surface area contributed by atoms with Gasteiger partial charge in [-0.3, -0.25) is 10.3 Å². The highest BCUT2D eigenvalue weighted by molar-refractivity contribution is 5.46. The molecule has 0 saturated heterocycles. The lowest BCUT2D eigenvalue weighted by Gasteiger charge is -2.18. The van der Waals surface area contributed by atoms with E-state index >= 15 is 0 Å². The van der Waals surface area contributed by atoms with Gasteiger partial charge in [-0.05, 0) is 29.5 Å². The van der Waals surface area contributed by atoms with Crippen molar-refractivity contribution in [3.8, 4) is 0 Å². The van der Waals surface area contributed by atoms with Crippen molar-refractivity contribution in [2.75, 3.05) is 12.1 Å². The first-order chi connectivity index (χ1) is 6.52. The molecule has 2 heteroatoms. The summed E-state index contributed by atoms with van der Waals surface area (Å²) in [5.41, 5.74) is 2.12. The quantitative estimate of drug-likeness (QED) is 0.745. The Kier molecular flexibility index (Phi) is 3.53. The molecular weight excluding hydrogens is 174 g/mol. The van der Waals surface area contributed by atoms with Gasteiger partial charge >= 0.3 is 0 Å². The molecule has 1 rings (SSSR count). The minimum Gasteiger partial charge on any atom is -0.289 e. The van der Waals surface area contributed by atoms with Crippen LogP contribution >= 0.6 is 0 Å². The Morgan fingerprint density at radius 3 is 2.36 bits per heavy atom. The molecule has 1 aromatic rings. The summed E-state index contributed by atoms with van der Waals surface area (Å²) in [5, 5.41) is 10.5. The largest absolute Gasteiger partial charge is 0.289 e. The number of rotatable bonds is 3. The summed E-state index contributed by atoms with van der Waals surface area (Å²) in [4.78, 5) is 0. The zero-order valence-corrected chi connectivity index (χ0v) is 9.36. The molecule has 2 nitrogen and oxygen atoms in total. The lowest BCUT2D eigenvalue weighted by atomic mass is 9.90. The normalized spacial score (nSPS) is 13.0. The molecule has 0 saturated carbocycles. The van der Waals surface area contributed by atoms with Crippen LogP contribution < -0.4 is 5.06 Å². The van der Waals surface area contributed by atoms with E-state index in [0.29, 0.717) is 11.8 Å². The Bertz CT molecular complexity index is 294. The summed E-state index contributed by atoms with van der Waals surface area (Å²) in [6.07, 6.45) is 0. The van der Waals surface area contributed by atoms with Crippen molar-refractivity contribution in [3.63, 3.8) is 0 Å². The fraction of sp³-hybridized carbons (Fsp3) is 0.500. The van der Waals surface area contributed by atoms with Crippen LogP contribution in [0, 0.1) is 5.92 Å². The lowest BCUT2D eigenvalue weighted by Crippen LogP contribution is -2.10. The highest BCUT2D eigenvalue weighted by atomic mass is 16.5. The number of hydrogen-bond donors (Lipinski definition) is 1. The second-order valence-corrected chi connectivity index (χ2v) is 4.15. The third-order valence-electron chi connectivity index (χ3n) is 2.77. The molecule has 1 atom stereocenters. The fourth-order valence-electron chi connectivity index (χ4n) is 1.39. The third kappa shape index (κ3) is 2.48. The van der Waals surface area contributed by atoms with Gasteiger partial charge in [0, 0.05) is 7.05 Å². The molecule has 78 valence electrons. The fourth-order valence-corrected chi connectivity index (χ4v) is 1.39. The van der Waals surface area contributed by atoms with Crippen LogP contribution in [0.3, 0.4) is 0 Å². The summed E-state index contributed by atoms with van der Waals surface area (Å²) < 4.78 is 0. The van der Waals surface area contributed by atoms with Gasteiger partial charge in [0.2, 0.25) is 0 Å². The van der Waals surface area contributed by atoms with Crippen LogP contribution in [-0.4, -0.2) is 12.3 Å². The smallest absolute Gasteiger partial charge is 0.0633 e. The predicted molar refractivity (Wildman–Crippen MR) is 59.9 cm³/mol. The van der Waals surface area contributed by atoms with Crippen molar-refractivity contribution < 1.29 is 5.21 Å². The van der Waals surface area contributed by atoms with Crippen molar-refractivity contribution in [1.82, 2.24) is 0 Å². The van der Waals surface area contributed by atoms with Gasteiger partial charge in [0.1, 0.15) is 0 Å². The van der Waals surface area contributed by atoms with Crippen LogP contribution in [-0.2, 0) is 0 Å². The van der Waals surface area contributed by atoms with Crippen LogP contribution in [0.25, 0.3) is 0 Å². The molecule has 1 aromatic carbocycles. The topological polar surface area (TPSA) is 23.5 Å². The maximum absolute atomic E-state index is 9.30. The third-order valence-corrected chi connectivity index (χ3v) is 2.77. The Hall–Kier alpha value is -1.02. The van der Waals surface area contributed by atoms with Gasteiger partial charge in [0.15, 0.2) is 0 Å². The number of anilines is 1. The molecule has 0 radical (unpaired) electrons. The van der Waals surface area contributed by atoms with Crippen molar-refractivity contribution in [1.29, 1.82) is 0 Å². The Morgan fingerprint density at radius 1 is 1.21 bits per heavy atom. The standard InChI is InChI=1S/C12H19NO/c1-9(2)10(3)11-6-5-7-12(8-11)13(4)14/h5-10,14H,1-4H3. The Morgan fingerprint density at radius 2 is 1.86 bits per heavy atom.